The van der Waals surface area contributed by atoms with Crippen LogP contribution in [0.1, 0.15) is 11.1 Å². The van der Waals surface area contributed by atoms with Crippen LogP contribution in [0.4, 0.5) is 4.39 Å². The Morgan fingerprint density at radius 1 is 0.852 bits per heavy atom. The van der Waals surface area contributed by atoms with E-state index >= 15 is 0 Å². The fraction of sp³-hybridized carbons (Fsp3) is 0.0952. The quantitative estimate of drug-likeness (QED) is 0.453. The highest BCUT2D eigenvalue weighted by Crippen LogP contribution is 2.27. The fourth-order valence-electron chi connectivity index (χ4n) is 2.78. The summed E-state index contributed by atoms with van der Waals surface area (Å²) in [4.78, 5) is 4.07. The number of pyridine rings is 1. The molecule has 0 bridgehead atoms. The molecule has 4 nitrogen and oxygen atoms in total. The van der Waals surface area contributed by atoms with E-state index in [-0.39, 0.29) is 5.82 Å². The number of halogens is 1. The lowest BCUT2D eigenvalue weighted by molar-refractivity contribution is 0.617. The van der Waals surface area contributed by atoms with Gasteiger partial charge in [-0.25, -0.2) is 4.39 Å². The highest BCUT2D eigenvalue weighted by Gasteiger charge is 2.15. The topological polar surface area (TPSA) is 43.6 Å². The van der Waals surface area contributed by atoms with Crippen LogP contribution in [0.2, 0.25) is 0 Å². The van der Waals surface area contributed by atoms with Gasteiger partial charge in [-0.15, -0.1) is 10.2 Å². The summed E-state index contributed by atoms with van der Waals surface area (Å²) in [5.41, 5.74) is 2.76. The van der Waals surface area contributed by atoms with Crippen molar-refractivity contribution in [3.8, 4) is 11.4 Å². The molecule has 4 aromatic rings. The molecule has 0 aliphatic heterocycles. The van der Waals surface area contributed by atoms with E-state index in [2.05, 4.69) is 31.9 Å². The van der Waals surface area contributed by atoms with Crippen molar-refractivity contribution in [1.29, 1.82) is 0 Å². The molecule has 0 saturated carbocycles. The van der Waals surface area contributed by atoms with Crippen LogP contribution >= 0.6 is 11.8 Å². The summed E-state index contributed by atoms with van der Waals surface area (Å²) in [6.45, 7) is 0.644. The SMILES string of the molecule is Fc1ccccc1CSc1nnc(-c2ccncc2)n1Cc1ccccc1. The Hall–Kier alpha value is -2.99. The lowest BCUT2D eigenvalue weighted by Gasteiger charge is -2.10. The molecule has 0 aliphatic carbocycles. The van der Waals surface area contributed by atoms with Gasteiger partial charge in [-0.1, -0.05) is 60.3 Å². The van der Waals surface area contributed by atoms with Gasteiger partial charge in [-0.05, 0) is 29.3 Å². The van der Waals surface area contributed by atoms with Crippen molar-refractivity contribution in [3.05, 3.63) is 96.1 Å². The molecule has 0 spiro atoms. The summed E-state index contributed by atoms with van der Waals surface area (Å²) in [6, 6.07) is 20.8. The number of aromatic nitrogens is 4. The van der Waals surface area contributed by atoms with Crippen molar-refractivity contribution in [1.82, 2.24) is 19.7 Å². The molecule has 0 radical (unpaired) electrons. The third-order valence-corrected chi connectivity index (χ3v) is 5.17. The highest BCUT2D eigenvalue weighted by molar-refractivity contribution is 7.98. The minimum atomic E-state index is -0.200. The van der Waals surface area contributed by atoms with Crippen LogP contribution < -0.4 is 0 Å². The standard InChI is InChI=1S/C21H17FN4S/c22-19-9-5-4-8-18(19)15-27-21-25-24-20(17-10-12-23-13-11-17)26(21)14-16-6-2-1-3-7-16/h1-13H,14-15H2. The molecule has 2 aromatic heterocycles. The molecule has 134 valence electrons. The second-order valence-electron chi connectivity index (χ2n) is 5.99. The number of rotatable bonds is 6. The molecule has 0 unspecified atom stereocenters. The second kappa shape index (κ2) is 8.14. The van der Waals surface area contributed by atoms with E-state index in [0.717, 1.165) is 22.1 Å². The fourth-order valence-corrected chi connectivity index (χ4v) is 3.70. The van der Waals surface area contributed by atoms with Crippen LogP contribution in [0.3, 0.4) is 0 Å². The minimum Gasteiger partial charge on any atom is -0.298 e. The number of nitrogens with zero attached hydrogens (tertiary/aromatic N) is 4. The van der Waals surface area contributed by atoms with Gasteiger partial charge in [0.05, 0.1) is 6.54 Å². The summed E-state index contributed by atoms with van der Waals surface area (Å²) in [6.07, 6.45) is 3.48. The van der Waals surface area contributed by atoms with Gasteiger partial charge in [0.1, 0.15) is 5.82 Å². The molecule has 0 fully saturated rings. The molecular weight excluding hydrogens is 359 g/mol. The molecular formula is C21H17FN4S. The smallest absolute Gasteiger partial charge is 0.192 e. The summed E-state index contributed by atoms with van der Waals surface area (Å²) in [5, 5.41) is 9.51. The van der Waals surface area contributed by atoms with Crippen LogP contribution in [0, 0.1) is 5.82 Å². The highest BCUT2D eigenvalue weighted by atomic mass is 32.2. The summed E-state index contributed by atoms with van der Waals surface area (Å²) in [7, 11) is 0. The first-order valence-electron chi connectivity index (χ1n) is 8.55. The molecule has 6 heteroatoms. The van der Waals surface area contributed by atoms with Gasteiger partial charge in [-0.2, -0.15) is 0 Å². The number of hydrogen-bond donors (Lipinski definition) is 0. The zero-order valence-corrected chi connectivity index (χ0v) is 15.3. The van der Waals surface area contributed by atoms with Gasteiger partial charge in [0.2, 0.25) is 0 Å². The van der Waals surface area contributed by atoms with Crippen molar-refractivity contribution >= 4 is 11.8 Å². The van der Waals surface area contributed by atoms with Crippen LogP contribution in [0.5, 0.6) is 0 Å². The molecule has 2 heterocycles. The zero-order chi connectivity index (χ0) is 18.5. The van der Waals surface area contributed by atoms with Gasteiger partial charge in [0.25, 0.3) is 0 Å². The van der Waals surface area contributed by atoms with Crippen molar-refractivity contribution in [2.45, 2.75) is 17.5 Å². The van der Waals surface area contributed by atoms with Crippen LogP contribution in [-0.4, -0.2) is 19.7 Å². The average molecular weight is 376 g/mol. The summed E-state index contributed by atoms with van der Waals surface area (Å²) < 4.78 is 16.0. The first-order chi connectivity index (χ1) is 13.3. The van der Waals surface area contributed by atoms with E-state index in [0.29, 0.717) is 17.9 Å². The van der Waals surface area contributed by atoms with Crippen molar-refractivity contribution < 1.29 is 4.39 Å². The second-order valence-corrected chi connectivity index (χ2v) is 6.94. The molecule has 4 rings (SSSR count). The Kier molecular flexibility index (Phi) is 5.25. The molecule has 0 N–H and O–H groups in total. The maximum atomic E-state index is 13.9. The maximum absolute atomic E-state index is 13.9. The van der Waals surface area contributed by atoms with Crippen LogP contribution in [0.15, 0.2) is 84.3 Å². The predicted molar refractivity (Wildman–Crippen MR) is 105 cm³/mol. The third kappa shape index (κ3) is 4.06. The van der Waals surface area contributed by atoms with E-state index in [1.165, 1.54) is 17.8 Å². The Bertz CT molecular complexity index is 1020. The molecule has 0 atom stereocenters. The number of benzene rings is 2. The average Bonchev–Trinajstić information content (AvgIpc) is 3.11. The predicted octanol–water partition coefficient (Wildman–Crippen LogP) is 4.82. The molecule has 2 aromatic carbocycles. The van der Waals surface area contributed by atoms with Crippen molar-refractivity contribution in [2.24, 2.45) is 0 Å². The summed E-state index contributed by atoms with van der Waals surface area (Å²) >= 11 is 1.48. The largest absolute Gasteiger partial charge is 0.298 e. The van der Waals surface area contributed by atoms with Crippen LogP contribution in [0.25, 0.3) is 11.4 Å². The summed E-state index contributed by atoms with van der Waals surface area (Å²) in [5.74, 6) is 1.07. The molecule has 27 heavy (non-hydrogen) atoms. The number of hydrogen-bond acceptors (Lipinski definition) is 4. The van der Waals surface area contributed by atoms with E-state index in [1.54, 1.807) is 24.5 Å². The Labute approximate surface area is 161 Å². The van der Waals surface area contributed by atoms with Gasteiger partial charge in [-0.3, -0.25) is 9.55 Å². The molecule has 0 amide bonds. The first kappa shape index (κ1) is 17.4. The molecule has 0 saturated heterocycles. The van der Waals surface area contributed by atoms with Crippen LogP contribution in [-0.2, 0) is 12.3 Å². The monoisotopic (exact) mass is 376 g/mol. The van der Waals surface area contributed by atoms with Crippen molar-refractivity contribution in [2.75, 3.05) is 0 Å². The van der Waals surface area contributed by atoms with Crippen molar-refractivity contribution in [3.63, 3.8) is 0 Å². The molecule has 0 aliphatic rings. The zero-order valence-electron chi connectivity index (χ0n) is 14.5. The Balaban J connectivity index is 1.66. The number of thioether (sulfide) groups is 1. The minimum absolute atomic E-state index is 0.200. The van der Waals surface area contributed by atoms with Gasteiger partial charge < -0.3 is 0 Å². The Morgan fingerprint density at radius 3 is 2.37 bits per heavy atom. The van der Waals surface area contributed by atoms with E-state index < -0.39 is 0 Å². The van der Waals surface area contributed by atoms with E-state index in [9.17, 15) is 4.39 Å². The third-order valence-electron chi connectivity index (χ3n) is 4.15. The normalized spacial score (nSPS) is 10.9. The Morgan fingerprint density at radius 2 is 1.59 bits per heavy atom. The van der Waals surface area contributed by atoms with Gasteiger partial charge in [0, 0.05) is 23.7 Å². The first-order valence-corrected chi connectivity index (χ1v) is 9.53. The van der Waals surface area contributed by atoms with Gasteiger partial charge >= 0.3 is 0 Å². The lowest BCUT2D eigenvalue weighted by atomic mass is 10.2. The van der Waals surface area contributed by atoms with E-state index in [4.69, 9.17) is 0 Å². The van der Waals surface area contributed by atoms with Gasteiger partial charge in [0.15, 0.2) is 11.0 Å². The lowest BCUT2D eigenvalue weighted by Crippen LogP contribution is -2.04. The van der Waals surface area contributed by atoms with E-state index in [1.807, 2.05) is 36.4 Å². The maximum Gasteiger partial charge on any atom is 0.192 e.